The molecule has 0 aliphatic heterocycles. The molecule has 0 fully saturated rings. The molecule has 6 heteroatoms. The van der Waals surface area contributed by atoms with E-state index in [1.165, 1.54) is 11.3 Å². The molecular weight excluding hydrogens is 260 g/mol. The van der Waals surface area contributed by atoms with E-state index in [-0.39, 0.29) is 5.91 Å². The zero-order chi connectivity index (χ0) is 13.8. The van der Waals surface area contributed by atoms with E-state index in [9.17, 15) is 4.79 Å². The fourth-order valence-electron chi connectivity index (χ4n) is 1.64. The standard InChI is InChI=1S/C13H16N4OS/c1-9(2)8-17(10(3)18)13-16-15-12(19-13)11-5-4-6-14-7-11/h4-7,9H,8H2,1-3H3. The summed E-state index contributed by atoms with van der Waals surface area (Å²) in [6.07, 6.45) is 3.46. The second kappa shape index (κ2) is 5.88. The Balaban J connectivity index is 2.26. The molecule has 0 aliphatic rings. The highest BCUT2D eigenvalue weighted by molar-refractivity contribution is 7.18. The van der Waals surface area contributed by atoms with Gasteiger partial charge >= 0.3 is 0 Å². The van der Waals surface area contributed by atoms with Gasteiger partial charge in [0.05, 0.1) is 0 Å². The maximum Gasteiger partial charge on any atom is 0.225 e. The van der Waals surface area contributed by atoms with Crippen LogP contribution in [0.1, 0.15) is 20.8 Å². The average Bonchev–Trinajstić information content (AvgIpc) is 2.86. The molecule has 0 aromatic carbocycles. The SMILES string of the molecule is CC(=O)N(CC(C)C)c1nnc(-c2cccnc2)s1. The Morgan fingerprint density at radius 1 is 1.42 bits per heavy atom. The quantitative estimate of drug-likeness (QED) is 0.861. The molecule has 0 bridgehead atoms. The summed E-state index contributed by atoms with van der Waals surface area (Å²) < 4.78 is 0. The first-order chi connectivity index (χ1) is 9.08. The highest BCUT2D eigenvalue weighted by Crippen LogP contribution is 2.28. The lowest BCUT2D eigenvalue weighted by atomic mass is 10.2. The molecular formula is C13H16N4OS. The zero-order valence-electron chi connectivity index (χ0n) is 11.2. The van der Waals surface area contributed by atoms with Gasteiger partial charge in [-0.3, -0.25) is 14.7 Å². The lowest BCUT2D eigenvalue weighted by molar-refractivity contribution is -0.116. The summed E-state index contributed by atoms with van der Waals surface area (Å²) >= 11 is 1.41. The molecule has 0 N–H and O–H groups in total. The van der Waals surface area contributed by atoms with Crippen LogP contribution in [0.4, 0.5) is 5.13 Å². The molecule has 0 unspecified atom stereocenters. The molecule has 0 saturated carbocycles. The van der Waals surface area contributed by atoms with Crippen molar-refractivity contribution in [2.75, 3.05) is 11.4 Å². The maximum absolute atomic E-state index is 11.7. The minimum Gasteiger partial charge on any atom is -0.287 e. The van der Waals surface area contributed by atoms with Crippen molar-refractivity contribution in [1.29, 1.82) is 0 Å². The Morgan fingerprint density at radius 3 is 2.79 bits per heavy atom. The van der Waals surface area contributed by atoms with Crippen LogP contribution in [0, 0.1) is 5.92 Å². The summed E-state index contributed by atoms with van der Waals surface area (Å²) in [5, 5.41) is 9.66. The van der Waals surface area contributed by atoms with Crippen LogP contribution in [0.25, 0.3) is 10.6 Å². The van der Waals surface area contributed by atoms with E-state index < -0.39 is 0 Å². The third kappa shape index (κ3) is 3.35. The van der Waals surface area contributed by atoms with Gasteiger partial charge in [0.2, 0.25) is 11.0 Å². The number of hydrogen-bond acceptors (Lipinski definition) is 5. The Kier molecular flexibility index (Phi) is 4.21. The van der Waals surface area contributed by atoms with Crippen LogP contribution < -0.4 is 4.90 Å². The Morgan fingerprint density at radius 2 is 2.21 bits per heavy atom. The van der Waals surface area contributed by atoms with Crippen molar-refractivity contribution in [3.05, 3.63) is 24.5 Å². The number of amides is 1. The van der Waals surface area contributed by atoms with Gasteiger partial charge in [0.1, 0.15) is 0 Å². The second-order valence-electron chi connectivity index (χ2n) is 4.65. The number of rotatable bonds is 4. The van der Waals surface area contributed by atoms with Crippen LogP contribution in [-0.4, -0.2) is 27.6 Å². The van der Waals surface area contributed by atoms with Crippen molar-refractivity contribution in [2.45, 2.75) is 20.8 Å². The number of carbonyl (C=O) groups is 1. The predicted molar refractivity (Wildman–Crippen MR) is 76.0 cm³/mol. The summed E-state index contributed by atoms with van der Waals surface area (Å²) in [5.41, 5.74) is 0.916. The topological polar surface area (TPSA) is 59.0 Å². The molecule has 0 radical (unpaired) electrons. The highest BCUT2D eigenvalue weighted by atomic mass is 32.1. The van der Waals surface area contributed by atoms with Crippen LogP contribution in [0.15, 0.2) is 24.5 Å². The van der Waals surface area contributed by atoms with E-state index in [0.29, 0.717) is 17.6 Å². The lowest BCUT2D eigenvalue weighted by Gasteiger charge is -2.19. The average molecular weight is 276 g/mol. The van der Waals surface area contributed by atoms with Gasteiger partial charge in [-0.25, -0.2) is 0 Å². The van der Waals surface area contributed by atoms with Gasteiger partial charge in [-0.05, 0) is 18.1 Å². The van der Waals surface area contributed by atoms with Crippen LogP contribution in [0.3, 0.4) is 0 Å². The van der Waals surface area contributed by atoms with Gasteiger partial charge in [0, 0.05) is 31.4 Å². The third-order valence-corrected chi connectivity index (χ3v) is 3.48. The first kappa shape index (κ1) is 13.6. The normalized spacial score (nSPS) is 10.7. The van der Waals surface area contributed by atoms with Gasteiger partial charge in [-0.15, -0.1) is 10.2 Å². The largest absolute Gasteiger partial charge is 0.287 e. The van der Waals surface area contributed by atoms with Crippen molar-refractivity contribution >= 4 is 22.4 Å². The fraction of sp³-hybridized carbons (Fsp3) is 0.385. The predicted octanol–water partition coefficient (Wildman–Crippen LogP) is 2.61. The molecule has 0 spiro atoms. The van der Waals surface area contributed by atoms with Crippen LogP contribution in [0.5, 0.6) is 0 Å². The maximum atomic E-state index is 11.7. The van der Waals surface area contributed by atoms with Gasteiger partial charge in [0.15, 0.2) is 5.01 Å². The van der Waals surface area contributed by atoms with E-state index >= 15 is 0 Å². The van der Waals surface area contributed by atoms with Crippen LogP contribution in [-0.2, 0) is 4.79 Å². The summed E-state index contributed by atoms with van der Waals surface area (Å²) in [6, 6.07) is 3.78. The molecule has 2 aromatic rings. The molecule has 2 heterocycles. The fourth-order valence-corrected chi connectivity index (χ4v) is 2.53. The Labute approximate surface area is 116 Å². The second-order valence-corrected chi connectivity index (χ2v) is 5.61. The van der Waals surface area contributed by atoms with E-state index in [1.54, 1.807) is 24.2 Å². The summed E-state index contributed by atoms with van der Waals surface area (Å²) in [4.78, 5) is 17.4. The van der Waals surface area contributed by atoms with Gasteiger partial charge < -0.3 is 0 Å². The number of hydrogen-bond donors (Lipinski definition) is 0. The molecule has 1 amide bonds. The zero-order valence-corrected chi connectivity index (χ0v) is 12.0. The minimum atomic E-state index is -0.0115. The van der Waals surface area contributed by atoms with E-state index in [0.717, 1.165) is 10.6 Å². The van der Waals surface area contributed by atoms with Crippen molar-refractivity contribution in [3.8, 4) is 10.6 Å². The molecule has 0 saturated heterocycles. The molecule has 100 valence electrons. The summed E-state index contributed by atoms with van der Waals surface area (Å²) in [6.45, 7) is 6.34. The molecule has 5 nitrogen and oxygen atoms in total. The highest BCUT2D eigenvalue weighted by Gasteiger charge is 2.18. The first-order valence-electron chi connectivity index (χ1n) is 6.10. The molecule has 2 rings (SSSR count). The molecule has 0 atom stereocenters. The smallest absolute Gasteiger partial charge is 0.225 e. The molecule has 19 heavy (non-hydrogen) atoms. The number of pyridine rings is 1. The third-order valence-electron chi connectivity index (χ3n) is 2.48. The lowest BCUT2D eigenvalue weighted by Crippen LogP contribution is -2.32. The first-order valence-corrected chi connectivity index (χ1v) is 6.91. The summed E-state index contributed by atoms with van der Waals surface area (Å²) in [7, 11) is 0. The van der Waals surface area contributed by atoms with Crippen LogP contribution in [0.2, 0.25) is 0 Å². The van der Waals surface area contributed by atoms with E-state index in [2.05, 4.69) is 29.0 Å². The number of aromatic nitrogens is 3. The van der Waals surface area contributed by atoms with Gasteiger partial charge in [-0.2, -0.15) is 0 Å². The van der Waals surface area contributed by atoms with Gasteiger partial charge in [-0.1, -0.05) is 25.2 Å². The Hall–Kier alpha value is -1.82. The summed E-state index contributed by atoms with van der Waals surface area (Å²) in [5.74, 6) is 0.372. The monoisotopic (exact) mass is 276 g/mol. The van der Waals surface area contributed by atoms with Crippen molar-refractivity contribution in [2.24, 2.45) is 5.92 Å². The molecule has 0 aliphatic carbocycles. The number of carbonyl (C=O) groups excluding carboxylic acids is 1. The number of nitrogens with zero attached hydrogens (tertiary/aromatic N) is 4. The van der Waals surface area contributed by atoms with Crippen molar-refractivity contribution < 1.29 is 4.79 Å². The Bertz CT molecular complexity index is 553. The van der Waals surface area contributed by atoms with Crippen molar-refractivity contribution in [3.63, 3.8) is 0 Å². The van der Waals surface area contributed by atoms with E-state index in [1.807, 2.05) is 12.1 Å². The van der Waals surface area contributed by atoms with Gasteiger partial charge in [0.25, 0.3) is 0 Å². The number of anilines is 1. The molecule has 2 aromatic heterocycles. The van der Waals surface area contributed by atoms with Crippen molar-refractivity contribution in [1.82, 2.24) is 15.2 Å². The van der Waals surface area contributed by atoms with Crippen LogP contribution >= 0.6 is 11.3 Å². The van der Waals surface area contributed by atoms with E-state index in [4.69, 9.17) is 0 Å². The minimum absolute atomic E-state index is 0.0115.